The summed E-state index contributed by atoms with van der Waals surface area (Å²) < 4.78 is 8.77. The van der Waals surface area contributed by atoms with Crippen LogP contribution in [0.15, 0.2) is 162 Å². The number of hydrogen-bond donors (Lipinski definition) is 0. The molecule has 0 amide bonds. The number of benzene rings is 7. The summed E-state index contributed by atoms with van der Waals surface area (Å²) in [6.45, 7) is 0. The lowest BCUT2D eigenvalue weighted by molar-refractivity contribution is 0.669. The molecule has 0 saturated heterocycles. The lowest BCUT2D eigenvalue weighted by atomic mass is 9.95. The molecule has 0 bridgehead atoms. The first-order valence-corrected chi connectivity index (χ1v) is 16.8. The van der Waals surface area contributed by atoms with Crippen LogP contribution in [0.25, 0.3) is 105 Å². The summed E-state index contributed by atoms with van der Waals surface area (Å²) in [5.41, 5.74) is 7.90. The molecule has 0 unspecified atom stereocenters. The molecule has 0 aliphatic heterocycles. The third-order valence-corrected chi connectivity index (χ3v) is 10.0. The molecular weight excluding hydrogens is 613 g/mol. The van der Waals surface area contributed by atoms with Gasteiger partial charge in [0.15, 0.2) is 11.6 Å². The van der Waals surface area contributed by atoms with E-state index in [2.05, 4.69) is 138 Å². The van der Waals surface area contributed by atoms with Crippen LogP contribution in [-0.4, -0.2) is 19.5 Å². The maximum Gasteiger partial charge on any atom is 0.238 e. The van der Waals surface area contributed by atoms with E-state index in [1.165, 1.54) is 21.5 Å². The molecule has 0 aliphatic rings. The van der Waals surface area contributed by atoms with E-state index in [1.54, 1.807) is 0 Å². The molecule has 0 atom stereocenters. The molecule has 50 heavy (non-hydrogen) atoms. The summed E-state index contributed by atoms with van der Waals surface area (Å²) in [5.74, 6) is 1.80. The van der Waals surface area contributed by atoms with Crippen LogP contribution in [-0.2, 0) is 0 Å². The first-order valence-electron chi connectivity index (χ1n) is 16.8. The highest BCUT2D eigenvalue weighted by atomic mass is 16.3. The van der Waals surface area contributed by atoms with Crippen LogP contribution in [0.3, 0.4) is 0 Å². The van der Waals surface area contributed by atoms with Crippen LogP contribution in [0, 0.1) is 0 Å². The molecular formula is C45H26N4O. The van der Waals surface area contributed by atoms with Gasteiger partial charge in [-0.25, -0.2) is 4.98 Å². The lowest BCUT2D eigenvalue weighted by Gasteiger charge is -2.11. The molecule has 0 saturated carbocycles. The topological polar surface area (TPSA) is 56.7 Å². The minimum absolute atomic E-state index is 0.566. The third-order valence-electron chi connectivity index (χ3n) is 10.0. The predicted octanol–water partition coefficient (Wildman–Crippen LogP) is 11.6. The Labute approximate surface area is 286 Å². The summed E-state index contributed by atoms with van der Waals surface area (Å²) in [5, 5.41) is 9.27. The quantitative estimate of drug-likeness (QED) is 0.192. The van der Waals surface area contributed by atoms with E-state index in [0.29, 0.717) is 17.6 Å². The highest BCUT2D eigenvalue weighted by molar-refractivity contribution is 6.38. The molecule has 11 aromatic rings. The molecule has 0 fully saturated rings. The van der Waals surface area contributed by atoms with Gasteiger partial charge in [0.1, 0.15) is 11.2 Å². The molecule has 232 valence electrons. The molecule has 3 aromatic heterocycles. The Morgan fingerprint density at radius 3 is 1.70 bits per heavy atom. The van der Waals surface area contributed by atoms with Gasteiger partial charge in [-0.3, -0.25) is 4.57 Å². The van der Waals surface area contributed by atoms with Crippen molar-refractivity contribution in [2.45, 2.75) is 0 Å². The fourth-order valence-corrected chi connectivity index (χ4v) is 7.85. The van der Waals surface area contributed by atoms with Crippen LogP contribution in [0.5, 0.6) is 0 Å². The molecule has 0 aliphatic carbocycles. The Kier molecular flexibility index (Phi) is 5.60. The zero-order valence-electron chi connectivity index (χ0n) is 26.7. The van der Waals surface area contributed by atoms with Gasteiger partial charge in [-0.15, -0.1) is 0 Å². The van der Waals surface area contributed by atoms with Gasteiger partial charge in [0, 0.05) is 32.7 Å². The third kappa shape index (κ3) is 3.86. The van der Waals surface area contributed by atoms with Gasteiger partial charge in [-0.05, 0) is 63.0 Å². The van der Waals surface area contributed by atoms with Crippen LogP contribution in [0.4, 0.5) is 0 Å². The number of hydrogen-bond acceptors (Lipinski definition) is 4. The van der Waals surface area contributed by atoms with Crippen LogP contribution < -0.4 is 0 Å². The smallest absolute Gasteiger partial charge is 0.238 e. The molecule has 11 rings (SSSR count). The average Bonchev–Trinajstić information content (AvgIpc) is 3.74. The number of rotatable bonds is 4. The van der Waals surface area contributed by atoms with Crippen molar-refractivity contribution in [2.24, 2.45) is 0 Å². The molecule has 8 aromatic carbocycles. The summed E-state index contributed by atoms with van der Waals surface area (Å²) >= 11 is 0. The zero-order chi connectivity index (χ0) is 32.8. The van der Waals surface area contributed by atoms with Crippen molar-refractivity contribution >= 4 is 65.3 Å². The van der Waals surface area contributed by atoms with E-state index < -0.39 is 0 Å². The van der Waals surface area contributed by atoms with E-state index in [1.807, 2.05) is 24.3 Å². The maximum absolute atomic E-state index is 6.56. The Bertz CT molecular complexity index is 3090. The fraction of sp³-hybridized carbons (Fsp3) is 0. The second-order valence-corrected chi connectivity index (χ2v) is 12.8. The van der Waals surface area contributed by atoms with Gasteiger partial charge in [0.2, 0.25) is 5.95 Å². The van der Waals surface area contributed by atoms with Crippen LogP contribution >= 0.6 is 0 Å². The molecule has 0 radical (unpaired) electrons. The van der Waals surface area contributed by atoms with E-state index >= 15 is 0 Å². The van der Waals surface area contributed by atoms with E-state index in [0.717, 1.165) is 66.0 Å². The highest BCUT2D eigenvalue weighted by Gasteiger charge is 2.24. The Hall–Kier alpha value is -6.85. The number of fused-ring (bicyclic) bond motifs is 3. The van der Waals surface area contributed by atoms with Gasteiger partial charge in [0.05, 0.1) is 11.0 Å². The Balaban J connectivity index is 1.28. The maximum atomic E-state index is 6.56. The van der Waals surface area contributed by atoms with Crippen LogP contribution in [0.1, 0.15) is 0 Å². The van der Waals surface area contributed by atoms with E-state index in [9.17, 15) is 0 Å². The number of nitrogens with zero attached hydrogens (tertiary/aromatic N) is 4. The van der Waals surface area contributed by atoms with Gasteiger partial charge < -0.3 is 4.42 Å². The standard InChI is InChI=1S/C45H26N4O/c1-3-12-27(13-4-1)29-16-9-17-30(26-29)44-46-43(28-14-5-2-6-15-28)47-45(48-44)49-35-22-10-20-33-31-18-7-8-19-32(31)34-21-11-23-37-40(34)42-38(50-37)25-24-36(49)41(42)39(33)35/h1-26H. The van der Waals surface area contributed by atoms with Crippen molar-refractivity contribution in [1.29, 1.82) is 0 Å². The molecule has 0 spiro atoms. The SMILES string of the molecule is c1ccc(-c2cccc(-c3nc(-c4ccccc4)nc(-n4c5cccc6c7ccccc7c7cccc8oc9ccc4c(c9c87)c65)n3)c2)cc1. The van der Waals surface area contributed by atoms with E-state index in [4.69, 9.17) is 19.4 Å². The molecule has 5 nitrogen and oxygen atoms in total. The molecule has 0 N–H and O–H groups in total. The highest BCUT2D eigenvalue weighted by Crippen LogP contribution is 2.46. The van der Waals surface area contributed by atoms with Crippen molar-refractivity contribution in [3.63, 3.8) is 0 Å². The van der Waals surface area contributed by atoms with Crippen molar-refractivity contribution in [3.8, 4) is 39.9 Å². The second kappa shape index (κ2) is 10.3. The van der Waals surface area contributed by atoms with Crippen molar-refractivity contribution in [2.75, 3.05) is 0 Å². The van der Waals surface area contributed by atoms with Crippen molar-refractivity contribution < 1.29 is 4.42 Å². The first kappa shape index (κ1) is 27.1. The van der Waals surface area contributed by atoms with Gasteiger partial charge in [-0.1, -0.05) is 127 Å². The summed E-state index contributed by atoms with van der Waals surface area (Å²) in [4.78, 5) is 15.6. The van der Waals surface area contributed by atoms with Crippen LogP contribution in [0.2, 0.25) is 0 Å². The molecule has 3 heterocycles. The van der Waals surface area contributed by atoms with Gasteiger partial charge >= 0.3 is 0 Å². The van der Waals surface area contributed by atoms with Gasteiger partial charge in [0.25, 0.3) is 0 Å². The summed E-state index contributed by atoms with van der Waals surface area (Å²) in [6.07, 6.45) is 0. The zero-order valence-corrected chi connectivity index (χ0v) is 26.7. The Morgan fingerprint density at radius 1 is 0.360 bits per heavy atom. The Morgan fingerprint density at radius 2 is 0.920 bits per heavy atom. The normalized spacial score (nSPS) is 12.0. The lowest BCUT2D eigenvalue weighted by Crippen LogP contribution is -2.06. The molecule has 5 heteroatoms. The minimum Gasteiger partial charge on any atom is -0.456 e. The predicted molar refractivity (Wildman–Crippen MR) is 204 cm³/mol. The fourth-order valence-electron chi connectivity index (χ4n) is 7.85. The summed E-state index contributed by atoms with van der Waals surface area (Å²) in [6, 6.07) is 54.9. The monoisotopic (exact) mass is 638 g/mol. The van der Waals surface area contributed by atoms with E-state index in [-0.39, 0.29) is 0 Å². The second-order valence-electron chi connectivity index (χ2n) is 12.8. The van der Waals surface area contributed by atoms with Gasteiger partial charge in [-0.2, -0.15) is 9.97 Å². The number of aromatic nitrogens is 4. The number of furan rings is 1. The minimum atomic E-state index is 0.566. The average molecular weight is 639 g/mol. The summed E-state index contributed by atoms with van der Waals surface area (Å²) in [7, 11) is 0. The first-order chi connectivity index (χ1) is 24.8. The van der Waals surface area contributed by atoms with Crippen molar-refractivity contribution in [1.82, 2.24) is 19.5 Å². The largest absolute Gasteiger partial charge is 0.456 e. The van der Waals surface area contributed by atoms with Crippen molar-refractivity contribution in [3.05, 3.63) is 158 Å².